The zero-order chi connectivity index (χ0) is 16.8. The number of anilines is 1. The van der Waals surface area contributed by atoms with Gasteiger partial charge in [-0.2, -0.15) is 5.10 Å². The molecule has 1 atom stereocenters. The van der Waals surface area contributed by atoms with Gasteiger partial charge in [-0.1, -0.05) is 0 Å². The van der Waals surface area contributed by atoms with Gasteiger partial charge in [-0.05, 0) is 41.1 Å². The van der Waals surface area contributed by atoms with Crippen molar-refractivity contribution in [2.75, 3.05) is 11.5 Å². The highest BCUT2D eigenvalue weighted by Gasteiger charge is 2.39. The van der Waals surface area contributed by atoms with Gasteiger partial charge in [0, 0.05) is 11.9 Å². The Labute approximate surface area is 144 Å². The molecule has 0 aliphatic carbocycles. The van der Waals surface area contributed by atoms with Gasteiger partial charge in [0.25, 0.3) is 0 Å². The molecule has 1 aliphatic heterocycles. The molecule has 4 heterocycles. The average Bonchev–Trinajstić information content (AvgIpc) is 3.13. The molecule has 0 spiro atoms. The molecule has 122 valence electrons. The van der Waals surface area contributed by atoms with E-state index < -0.39 is 18.0 Å². The van der Waals surface area contributed by atoms with Gasteiger partial charge in [-0.25, -0.2) is 23.6 Å². The number of hydrogen-bond donors (Lipinski definition) is 0. The number of halogens is 2. The van der Waals surface area contributed by atoms with E-state index >= 15 is 0 Å². The van der Waals surface area contributed by atoms with Crippen LogP contribution in [0.3, 0.4) is 0 Å². The number of nitrogens with zero attached hydrogens (tertiary/aromatic N) is 5. The van der Waals surface area contributed by atoms with Crippen molar-refractivity contribution >= 4 is 33.5 Å². The number of amides is 1. The third-order valence-corrected chi connectivity index (χ3v) is 4.32. The predicted molar refractivity (Wildman–Crippen MR) is 86.2 cm³/mol. The summed E-state index contributed by atoms with van der Waals surface area (Å²) in [6.07, 6.45) is 2.69. The van der Waals surface area contributed by atoms with E-state index in [1.54, 1.807) is 36.0 Å². The Morgan fingerprint density at radius 2 is 2.17 bits per heavy atom. The number of hydrogen-bond acceptors (Lipinski definition) is 5. The molecule has 1 aliphatic rings. The quantitative estimate of drug-likeness (QED) is 0.671. The van der Waals surface area contributed by atoms with Crippen molar-refractivity contribution in [1.29, 1.82) is 0 Å². The summed E-state index contributed by atoms with van der Waals surface area (Å²) in [4.78, 5) is 22.2. The highest BCUT2D eigenvalue weighted by molar-refractivity contribution is 9.10. The van der Waals surface area contributed by atoms with Crippen LogP contribution in [-0.4, -0.2) is 32.3 Å². The smallest absolute Gasteiger partial charge is 0.416 e. The molecule has 3 aromatic rings. The summed E-state index contributed by atoms with van der Waals surface area (Å²) >= 11 is 3.35. The van der Waals surface area contributed by atoms with Crippen molar-refractivity contribution in [3.8, 4) is 0 Å². The van der Waals surface area contributed by atoms with Gasteiger partial charge in [-0.15, -0.1) is 0 Å². The van der Waals surface area contributed by atoms with Crippen molar-refractivity contribution in [2.24, 2.45) is 0 Å². The lowest BCUT2D eigenvalue weighted by atomic mass is 10.1. The maximum Gasteiger partial charge on any atom is 0.416 e. The van der Waals surface area contributed by atoms with Crippen LogP contribution in [0.15, 0.2) is 35.1 Å². The first-order valence-electron chi connectivity index (χ1n) is 7.13. The Kier molecular flexibility index (Phi) is 3.45. The zero-order valence-electron chi connectivity index (χ0n) is 12.5. The minimum Gasteiger partial charge on any atom is -0.446 e. The third kappa shape index (κ3) is 2.32. The average molecular weight is 392 g/mol. The Morgan fingerprint density at radius 3 is 3.00 bits per heavy atom. The van der Waals surface area contributed by atoms with E-state index in [-0.39, 0.29) is 12.3 Å². The summed E-state index contributed by atoms with van der Waals surface area (Å²) in [7, 11) is 0. The summed E-state index contributed by atoms with van der Waals surface area (Å²) in [5.41, 5.74) is 1.37. The maximum absolute atomic E-state index is 14.2. The Hall–Kier alpha value is -2.55. The van der Waals surface area contributed by atoms with Crippen molar-refractivity contribution < 1.29 is 13.9 Å². The fourth-order valence-corrected chi connectivity index (χ4v) is 3.00. The normalized spacial score (nSPS) is 17.5. The zero-order valence-corrected chi connectivity index (χ0v) is 14.1. The molecule has 0 bridgehead atoms. The van der Waals surface area contributed by atoms with Crippen LogP contribution < -0.4 is 4.90 Å². The fraction of sp³-hybridized carbons (Fsp3) is 0.200. The van der Waals surface area contributed by atoms with Gasteiger partial charge in [0.05, 0.1) is 10.7 Å². The molecule has 0 N–H and O–H groups in total. The number of fused-ring (bicyclic) bond motifs is 1. The molecule has 0 aromatic carbocycles. The number of carbonyl (C=O) groups is 1. The first-order chi connectivity index (χ1) is 11.5. The molecule has 1 fully saturated rings. The molecule has 3 aromatic heterocycles. The van der Waals surface area contributed by atoms with Crippen molar-refractivity contribution in [3.63, 3.8) is 0 Å². The third-order valence-electron chi connectivity index (χ3n) is 3.76. The second-order valence-electron chi connectivity index (χ2n) is 5.33. The van der Waals surface area contributed by atoms with E-state index in [2.05, 4.69) is 31.0 Å². The number of rotatable bonds is 2. The van der Waals surface area contributed by atoms with E-state index in [4.69, 9.17) is 4.74 Å². The summed E-state index contributed by atoms with van der Waals surface area (Å²) in [6, 6.07) is 3.87. The lowest BCUT2D eigenvalue weighted by molar-refractivity contribution is 0.178. The van der Waals surface area contributed by atoms with E-state index in [0.717, 1.165) is 0 Å². The molecule has 4 rings (SSSR count). The van der Waals surface area contributed by atoms with Crippen molar-refractivity contribution in [2.45, 2.75) is 13.0 Å². The van der Waals surface area contributed by atoms with Gasteiger partial charge in [0.15, 0.2) is 5.65 Å². The molecule has 0 saturated carbocycles. The van der Waals surface area contributed by atoms with Crippen LogP contribution in [0.5, 0.6) is 0 Å². The van der Waals surface area contributed by atoms with E-state index in [1.165, 1.54) is 11.0 Å². The van der Waals surface area contributed by atoms with Crippen LogP contribution >= 0.6 is 15.9 Å². The molecular formula is C15H11BrFN5O2. The van der Waals surface area contributed by atoms with Crippen molar-refractivity contribution in [3.05, 3.63) is 52.3 Å². The first-order valence-corrected chi connectivity index (χ1v) is 7.93. The molecular weight excluding hydrogens is 381 g/mol. The van der Waals surface area contributed by atoms with Gasteiger partial charge >= 0.3 is 6.09 Å². The topological polar surface area (TPSA) is 72.6 Å². The number of pyridine rings is 1. The fourth-order valence-electron chi connectivity index (χ4n) is 2.64. The Morgan fingerprint density at radius 1 is 1.33 bits per heavy atom. The van der Waals surface area contributed by atoms with Crippen LogP contribution in [0.1, 0.15) is 17.4 Å². The van der Waals surface area contributed by atoms with Gasteiger partial charge in [-0.3, -0.25) is 4.98 Å². The minimum absolute atomic E-state index is 0.0134. The molecule has 1 saturated heterocycles. The molecule has 1 unspecified atom stereocenters. The molecule has 1 amide bonds. The first kappa shape index (κ1) is 15.0. The minimum atomic E-state index is -0.672. The van der Waals surface area contributed by atoms with Crippen LogP contribution in [0.25, 0.3) is 5.65 Å². The van der Waals surface area contributed by atoms with Gasteiger partial charge in [0.1, 0.15) is 30.0 Å². The number of aryl methyl sites for hydroxylation is 1. The summed E-state index contributed by atoms with van der Waals surface area (Å²) in [5, 5.41) is 4.11. The van der Waals surface area contributed by atoms with Crippen LogP contribution in [0.4, 0.5) is 15.0 Å². The van der Waals surface area contributed by atoms with Crippen LogP contribution in [0, 0.1) is 12.7 Å². The number of ether oxygens (including phenoxy) is 1. The van der Waals surface area contributed by atoms with Gasteiger partial charge < -0.3 is 4.74 Å². The summed E-state index contributed by atoms with van der Waals surface area (Å²) in [6.45, 7) is 1.78. The molecule has 24 heavy (non-hydrogen) atoms. The second-order valence-corrected chi connectivity index (χ2v) is 6.18. The lowest BCUT2D eigenvalue weighted by Crippen LogP contribution is -2.29. The predicted octanol–water partition coefficient (Wildman–Crippen LogP) is 3.03. The second kappa shape index (κ2) is 5.52. The Bertz CT molecular complexity index is 960. The molecule has 9 heteroatoms. The molecule has 0 radical (unpaired) electrons. The van der Waals surface area contributed by atoms with Crippen LogP contribution in [0.2, 0.25) is 0 Å². The number of cyclic esters (lactones) is 1. The van der Waals surface area contributed by atoms with Crippen molar-refractivity contribution in [1.82, 2.24) is 19.6 Å². The number of aromatic nitrogens is 4. The summed E-state index contributed by atoms with van der Waals surface area (Å²) in [5.74, 6) is -0.139. The largest absolute Gasteiger partial charge is 0.446 e. The SMILES string of the molecule is Cc1ccc(F)c(C2COC(=O)N2c2ccn3ncc(Br)c3n2)n1. The number of carbonyl (C=O) groups excluding carboxylic acids is 1. The lowest BCUT2D eigenvalue weighted by Gasteiger charge is -2.20. The maximum atomic E-state index is 14.2. The van der Waals surface area contributed by atoms with E-state index in [1.807, 2.05) is 0 Å². The standard InChI is InChI=1S/C15H11BrFN5O2/c1-8-2-3-10(17)13(19-8)11-7-24-15(23)22(11)12-4-5-21-14(20-12)9(16)6-18-21/h2-6,11H,7H2,1H3. The highest BCUT2D eigenvalue weighted by Crippen LogP contribution is 2.33. The van der Waals surface area contributed by atoms with E-state index in [0.29, 0.717) is 21.6 Å². The molecule has 7 nitrogen and oxygen atoms in total. The highest BCUT2D eigenvalue weighted by atomic mass is 79.9. The summed E-state index contributed by atoms with van der Waals surface area (Å²) < 4.78 is 21.6. The Balaban J connectivity index is 1.82. The van der Waals surface area contributed by atoms with E-state index in [9.17, 15) is 9.18 Å². The van der Waals surface area contributed by atoms with Gasteiger partial charge in [0.2, 0.25) is 0 Å². The monoisotopic (exact) mass is 391 g/mol. The van der Waals surface area contributed by atoms with Crippen LogP contribution in [-0.2, 0) is 4.74 Å².